The molecule has 2 heterocycles. The monoisotopic (exact) mass is 226 g/mol. The first-order valence-corrected chi connectivity index (χ1v) is 6.03. The van der Waals surface area contributed by atoms with Crippen LogP contribution in [0.2, 0.25) is 0 Å². The summed E-state index contributed by atoms with van der Waals surface area (Å²) in [5, 5.41) is 0. The van der Waals surface area contributed by atoms with Gasteiger partial charge in [0.05, 0.1) is 0 Å². The number of carbonyl (C=O) groups is 1. The number of amides is 1. The van der Waals surface area contributed by atoms with E-state index in [0.717, 1.165) is 26.1 Å². The molecule has 0 spiro atoms. The minimum Gasteiger partial charge on any atom is -0.444 e. The minimum atomic E-state index is -0.389. The average Bonchev–Trinajstić information content (AvgIpc) is 2.38. The molecule has 2 rings (SSSR count). The van der Waals surface area contributed by atoms with Crippen LogP contribution in [0.3, 0.4) is 0 Å². The molecule has 2 aliphatic heterocycles. The molecule has 2 bridgehead atoms. The third-order valence-corrected chi connectivity index (χ3v) is 3.22. The Bertz CT molecular complexity index is 285. The van der Waals surface area contributed by atoms with E-state index in [4.69, 9.17) is 4.74 Å². The molecule has 0 aromatic rings. The predicted octanol–water partition coefficient (Wildman–Crippen LogP) is 1.56. The summed E-state index contributed by atoms with van der Waals surface area (Å²) < 4.78 is 5.43. The molecule has 4 heteroatoms. The van der Waals surface area contributed by atoms with Crippen molar-refractivity contribution in [2.75, 3.05) is 26.7 Å². The van der Waals surface area contributed by atoms with Crippen molar-refractivity contribution >= 4 is 6.09 Å². The van der Waals surface area contributed by atoms with E-state index >= 15 is 0 Å². The van der Waals surface area contributed by atoms with E-state index in [-0.39, 0.29) is 11.7 Å². The van der Waals surface area contributed by atoms with Crippen LogP contribution in [-0.2, 0) is 4.74 Å². The van der Waals surface area contributed by atoms with Gasteiger partial charge in [-0.15, -0.1) is 0 Å². The number of carbonyl (C=O) groups excluding carboxylic acids is 1. The van der Waals surface area contributed by atoms with Crippen molar-refractivity contribution in [1.29, 1.82) is 0 Å². The number of ether oxygens (including phenoxy) is 1. The number of piperidine rings is 1. The summed E-state index contributed by atoms with van der Waals surface area (Å²) in [5.41, 5.74) is -0.389. The lowest BCUT2D eigenvalue weighted by Gasteiger charge is -2.31. The van der Waals surface area contributed by atoms with Crippen molar-refractivity contribution in [3.63, 3.8) is 0 Å². The van der Waals surface area contributed by atoms with Crippen molar-refractivity contribution in [2.24, 2.45) is 5.92 Å². The van der Waals surface area contributed by atoms with Gasteiger partial charge in [0, 0.05) is 25.7 Å². The van der Waals surface area contributed by atoms with E-state index in [0.29, 0.717) is 12.0 Å². The third-order valence-electron chi connectivity index (χ3n) is 3.22. The second-order valence-electron chi connectivity index (χ2n) is 6.11. The van der Waals surface area contributed by atoms with Crippen molar-refractivity contribution in [3.05, 3.63) is 0 Å². The van der Waals surface area contributed by atoms with E-state index in [1.807, 2.05) is 25.7 Å². The van der Waals surface area contributed by atoms with Crippen LogP contribution in [0, 0.1) is 5.92 Å². The first kappa shape index (κ1) is 11.7. The van der Waals surface area contributed by atoms with Crippen LogP contribution in [0.4, 0.5) is 4.79 Å². The highest BCUT2D eigenvalue weighted by Crippen LogP contribution is 2.30. The van der Waals surface area contributed by atoms with Crippen molar-refractivity contribution in [3.8, 4) is 0 Å². The SMILES string of the molecule is CN1CC2CC(C1)N(C(=O)OC(C)(C)C)C2. The Balaban J connectivity index is 1.98. The molecule has 0 N–H and O–H groups in total. The van der Waals surface area contributed by atoms with Crippen LogP contribution in [-0.4, -0.2) is 54.2 Å². The van der Waals surface area contributed by atoms with Gasteiger partial charge < -0.3 is 14.5 Å². The Morgan fingerprint density at radius 3 is 2.56 bits per heavy atom. The molecule has 2 saturated heterocycles. The van der Waals surface area contributed by atoms with Crippen molar-refractivity contribution in [1.82, 2.24) is 9.80 Å². The molecule has 2 unspecified atom stereocenters. The Morgan fingerprint density at radius 1 is 1.25 bits per heavy atom. The quantitative estimate of drug-likeness (QED) is 0.628. The molecular weight excluding hydrogens is 204 g/mol. The summed E-state index contributed by atoms with van der Waals surface area (Å²) in [6, 6.07) is 0.360. The van der Waals surface area contributed by atoms with Gasteiger partial charge in [-0.1, -0.05) is 0 Å². The number of likely N-dealkylation sites (tertiary alicyclic amines) is 2. The molecule has 2 aliphatic rings. The first-order chi connectivity index (χ1) is 7.35. The number of likely N-dealkylation sites (N-methyl/N-ethyl adjacent to an activating group) is 1. The Hall–Kier alpha value is -0.770. The Morgan fingerprint density at radius 2 is 1.94 bits per heavy atom. The van der Waals surface area contributed by atoms with Gasteiger partial charge in [0.25, 0.3) is 0 Å². The molecule has 0 aromatic carbocycles. The average molecular weight is 226 g/mol. The van der Waals surface area contributed by atoms with E-state index in [1.165, 1.54) is 0 Å². The lowest BCUT2D eigenvalue weighted by atomic mass is 10.0. The molecule has 2 fully saturated rings. The summed E-state index contributed by atoms with van der Waals surface area (Å²) in [4.78, 5) is 16.2. The van der Waals surface area contributed by atoms with Crippen LogP contribution in [0.15, 0.2) is 0 Å². The molecule has 0 radical (unpaired) electrons. The van der Waals surface area contributed by atoms with Gasteiger partial charge in [0.15, 0.2) is 0 Å². The first-order valence-electron chi connectivity index (χ1n) is 6.03. The minimum absolute atomic E-state index is 0.143. The number of rotatable bonds is 0. The van der Waals surface area contributed by atoms with Gasteiger partial charge in [-0.25, -0.2) is 4.79 Å². The van der Waals surface area contributed by atoms with Crippen LogP contribution in [0.5, 0.6) is 0 Å². The van der Waals surface area contributed by atoms with Crippen LogP contribution in [0.25, 0.3) is 0 Å². The molecular formula is C12H22N2O2. The smallest absolute Gasteiger partial charge is 0.410 e. The highest BCUT2D eigenvalue weighted by Gasteiger charge is 2.41. The van der Waals surface area contributed by atoms with E-state index < -0.39 is 0 Å². The van der Waals surface area contributed by atoms with Gasteiger partial charge >= 0.3 is 6.09 Å². The topological polar surface area (TPSA) is 32.8 Å². The zero-order chi connectivity index (χ0) is 11.9. The second kappa shape index (κ2) is 3.91. The molecule has 0 saturated carbocycles. The highest BCUT2D eigenvalue weighted by molar-refractivity contribution is 5.69. The third kappa shape index (κ3) is 2.48. The Kier molecular flexibility index (Phi) is 2.86. The van der Waals surface area contributed by atoms with E-state index in [2.05, 4.69) is 11.9 Å². The maximum Gasteiger partial charge on any atom is 0.410 e. The lowest BCUT2D eigenvalue weighted by Crippen LogP contribution is -2.44. The Labute approximate surface area is 97.5 Å². The van der Waals surface area contributed by atoms with E-state index in [9.17, 15) is 4.79 Å². The van der Waals surface area contributed by atoms with Crippen LogP contribution < -0.4 is 0 Å². The molecule has 4 nitrogen and oxygen atoms in total. The van der Waals surface area contributed by atoms with Gasteiger partial charge in [-0.2, -0.15) is 0 Å². The number of hydrogen-bond acceptors (Lipinski definition) is 3. The highest BCUT2D eigenvalue weighted by atomic mass is 16.6. The van der Waals surface area contributed by atoms with Crippen LogP contribution in [0.1, 0.15) is 27.2 Å². The van der Waals surface area contributed by atoms with E-state index in [1.54, 1.807) is 0 Å². The zero-order valence-corrected chi connectivity index (χ0v) is 10.7. The number of nitrogens with zero attached hydrogens (tertiary/aromatic N) is 2. The van der Waals surface area contributed by atoms with Crippen molar-refractivity contribution in [2.45, 2.75) is 38.8 Å². The molecule has 0 aliphatic carbocycles. The standard InChI is InChI=1S/C12H22N2O2/c1-12(2,3)16-11(15)14-7-9-5-10(14)8-13(4)6-9/h9-10H,5-8H2,1-4H3. The van der Waals surface area contributed by atoms with Crippen LogP contribution >= 0.6 is 0 Å². The molecule has 1 amide bonds. The van der Waals surface area contributed by atoms with Gasteiger partial charge in [-0.05, 0) is 40.2 Å². The molecule has 92 valence electrons. The van der Waals surface area contributed by atoms with Crippen molar-refractivity contribution < 1.29 is 9.53 Å². The molecule has 0 aromatic heterocycles. The summed E-state index contributed by atoms with van der Waals surface area (Å²) >= 11 is 0. The lowest BCUT2D eigenvalue weighted by molar-refractivity contribution is 0.0216. The largest absolute Gasteiger partial charge is 0.444 e. The molecule has 16 heavy (non-hydrogen) atoms. The summed E-state index contributed by atoms with van der Waals surface area (Å²) in [6.07, 6.45) is 0.999. The fourth-order valence-corrected chi connectivity index (χ4v) is 2.74. The number of fused-ring (bicyclic) bond motifs is 2. The summed E-state index contributed by atoms with van der Waals surface area (Å²) in [7, 11) is 2.12. The fourth-order valence-electron chi connectivity index (χ4n) is 2.74. The molecule has 2 atom stereocenters. The van der Waals surface area contributed by atoms with Gasteiger partial charge in [0.2, 0.25) is 0 Å². The van der Waals surface area contributed by atoms with Gasteiger partial charge in [-0.3, -0.25) is 0 Å². The summed E-state index contributed by atoms with van der Waals surface area (Å²) in [6.45, 7) is 8.70. The maximum atomic E-state index is 12.0. The van der Waals surface area contributed by atoms with Gasteiger partial charge in [0.1, 0.15) is 5.60 Å². The fraction of sp³-hybridized carbons (Fsp3) is 0.917. The predicted molar refractivity (Wildman–Crippen MR) is 62.3 cm³/mol. The summed E-state index contributed by atoms with van der Waals surface area (Å²) in [5.74, 6) is 0.635. The number of hydrogen-bond donors (Lipinski definition) is 0. The maximum absolute atomic E-state index is 12.0. The normalized spacial score (nSPS) is 30.6. The zero-order valence-electron chi connectivity index (χ0n) is 10.7. The second-order valence-corrected chi connectivity index (χ2v) is 6.11.